The van der Waals surface area contributed by atoms with Crippen molar-refractivity contribution in [2.75, 3.05) is 6.61 Å². The number of nitrogens with two attached hydrogens (primary N) is 1. The van der Waals surface area contributed by atoms with Gasteiger partial charge in [-0.25, -0.2) is 0 Å². The number of nitrogens with one attached hydrogen (secondary N) is 1. The summed E-state index contributed by atoms with van der Waals surface area (Å²) in [6.45, 7) is 4.49. The van der Waals surface area contributed by atoms with Gasteiger partial charge in [0.05, 0.1) is 12.6 Å². The molecule has 1 amide bonds. The summed E-state index contributed by atoms with van der Waals surface area (Å²) in [6, 6.07) is 6.24. The van der Waals surface area contributed by atoms with Crippen LogP contribution in [0.1, 0.15) is 44.2 Å². The molecular formula is C17H26N2O2. The second kappa shape index (κ2) is 7.46. The zero-order chi connectivity index (χ0) is 15.2. The van der Waals surface area contributed by atoms with Gasteiger partial charge >= 0.3 is 0 Å². The van der Waals surface area contributed by atoms with E-state index in [2.05, 4.69) is 17.4 Å². The summed E-state index contributed by atoms with van der Waals surface area (Å²) < 4.78 is 5.79. The van der Waals surface area contributed by atoms with Crippen LogP contribution < -0.4 is 15.8 Å². The number of benzene rings is 1. The number of rotatable bonds is 7. The van der Waals surface area contributed by atoms with Crippen molar-refractivity contribution >= 4 is 5.91 Å². The molecule has 0 aliphatic heterocycles. The molecule has 1 aromatic carbocycles. The van der Waals surface area contributed by atoms with Gasteiger partial charge in [0.25, 0.3) is 0 Å². The molecule has 0 saturated heterocycles. The molecule has 1 aliphatic rings. The number of carbonyl (C=O) groups excluding carboxylic acids is 1. The fourth-order valence-corrected chi connectivity index (χ4v) is 2.80. The van der Waals surface area contributed by atoms with Crippen LogP contribution in [0.5, 0.6) is 5.75 Å². The van der Waals surface area contributed by atoms with Crippen LogP contribution >= 0.6 is 0 Å². The third-order valence-corrected chi connectivity index (χ3v) is 3.87. The second-order valence-corrected chi connectivity index (χ2v) is 6.05. The molecule has 1 atom stereocenters. The highest BCUT2D eigenvalue weighted by Crippen LogP contribution is 2.25. The molecule has 21 heavy (non-hydrogen) atoms. The van der Waals surface area contributed by atoms with Gasteiger partial charge in [0.15, 0.2) is 0 Å². The zero-order valence-electron chi connectivity index (χ0n) is 13.0. The van der Waals surface area contributed by atoms with Crippen LogP contribution in [0.4, 0.5) is 0 Å². The first-order valence-corrected chi connectivity index (χ1v) is 7.86. The third kappa shape index (κ3) is 4.74. The van der Waals surface area contributed by atoms with E-state index in [0.29, 0.717) is 13.0 Å². The van der Waals surface area contributed by atoms with Crippen molar-refractivity contribution in [2.45, 2.75) is 58.0 Å². The van der Waals surface area contributed by atoms with Gasteiger partial charge in [-0.3, -0.25) is 4.79 Å². The van der Waals surface area contributed by atoms with Gasteiger partial charge < -0.3 is 15.8 Å². The monoisotopic (exact) mass is 290 g/mol. The molecule has 2 rings (SSSR count). The first kappa shape index (κ1) is 15.8. The van der Waals surface area contributed by atoms with Crippen LogP contribution in [0, 0.1) is 0 Å². The average Bonchev–Trinajstić information content (AvgIpc) is 2.45. The van der Waals surface area contributed by atoms with E-state index < -0.39 is 0 Å². The predicted molar refractivity (Wildman–Crippen MR) is 84.5 cm³/mol. The Morgan fingerprint density at radius 2 is 2.00 bits per heavy atom. The van der Waals surface area contributed by atoms with Crippen LogP contribution in [0.25, 0.3) is 0 Å². The minimum atomic E-state index is -0.331. The summed E-state index contributed by atoms with van der Waals surface area (Å²) in [4.78, 5) is 11.4. The number of primary amides is 1. The number of aryl methyl sites for hydroxylation is 2. The largest absolute Gasteiger partial charge is 0.494 e. The Labute approximate surface area is 127 Å². The van der Waals surface area contributed by atoms with Gasteiger partial charge in [0.1, 0.15) is 5.75 Å². The molecule has 116 valence electrons. The van der Waals surface area contributed by atoms with Crippen molar-refractivity contribution < 1.29 is 9.53 Å². The Kier molecular flexibility index (Phi) is 5.62. The van der Waals surface area contributed by atoms with Gasteiger partial charge in [0, 0.05) is 12.5 Å². The van der Waals surface area contributed by atoms with Crippen molar-refractivity contribution in [3.05, 3.63) is 29.3 Å². The number of hydrogen-bond donors (Lipinski definition) is 2. The molecule has 1 unspecified atom stereocenters. The summed E-state index contributed by atoms with van der Waals surface area (Å²) in [5.41, 5.74) is 8.26. The SMILES string of the molecule is CC(C)NC(CCOc1ccc2c(c1)CCCC2)C(N)=O. The Hall–Kier alpha value is -1.55. The summed E-state index contributed by atoms with van der Waals surface area (Å²) in [5, 5.41) is 3.16. The number of amides is 1. The Morgan fingerprint density at radius 1 is 1.29 bits per heavy atom. The van der Waals surface area contributed by atoms with Gasteiger partial charge in [-0.2, -0.15) is 0 Å². The van der Waals surface area contributed by atoms with Crippen LogP contribution in [-0.2, 0) is 17.6 Å². The predicted octanol–water partition coefficient (Wildman–Crippen LogP) is 2.19. The standard InChI is InChI=1S/C17H26N2O2/c1-12(2)19-16(17(18)20)9-10-21-15-8-7-13-5-3-4-6-14(13)11-15/h7-8,11-12,16,19H,3-6,9-10H2,1-2H3,(H2,18,20). The number of carbonyl (C=O) groups is 1. The molecule has 4 heteroatoms. The van der Waals surface area contributed by atoms with Crippen LogP contribution in [0.2, 0.25) is 0 Å². The molecule has 1 aliphatic carbocycles. The van der Waals surface area contributed by atoms with E-state index in [1.165, 1.54) is 30.4 Å². The third-order valence-electron chi connectivity index (χ3n) is 3.87. The van der Waals surface area contributed by atoms with Crippen molar-refractivity contribution in [1.82, 2.24) is 5.32 Å². The van der Waals surface area contributed by atoms with Gasteiger partial charge in [-0.05, 0) is 48.9 Å². The van der Waals surface area contributed by atoms with Crippen LogP contribution in [0.3, 0.4) is 0 Å². The number of fused-ring (bicyclic) bond motifs is 1. The normalized spacial score (nSPS) is 15.6. The van der Waals surface area contributed by atoms with E-state index in [9.17, 15) is 4.79 Å². The number of ether oxygens (including phenoxy) is 1. The van der Waals surface area contributed by atoms with E-state index in [1.54, 1.807) is 0 Å². The highest BCUT2D eigenvalue weighted by Gasteiger charge is 2.16. The lowest BCUT2D eigenvalue weighted by atomic mass is 9.92. The van der Waals surface area contributed by atoms with Crippen LogP contribution in [0.15, 0.2) is 18.2 Å². The smallest absolute Gasteiger partial charge is 0.234 e. The molecule has 0 radical (unpaired) electrons. The average molecular weight is 290 g/mol. The summed E-state index contributed by atoms with van der Waals surface area (Å²) in [6.07, 6.45) is 5.46. The Morgan fingerprint density at radius 3 is 2.67 bits per heavy atom. The molecule has 3 N–H and O–H groups in total. The number of hydrogen-bond acceptors (Lipinski definition) is 3. The van der Waals surface area contributed by atoms with Gasteiger partial charge in [0.2, 0.25) is 5.91 Å². The van der Waals surface area contributed by atoms with E-state index >= 15 is 0 Å². The first-order valence-electron chi connectivity index (χ1n) is 7.86. The Bertz CT molecular complexity index is 486. The summed E-state index contributed by atoms with van der Waals surface area (Å²) in [5.74, 6) is 0.571. The minimum absolute atomic E-state index is 0.228. The first-order chi connectivity index (χ1) is 10.1. The van der Waals surface area contributed by atoms with Crippen molar-refractivity contribution in [3.8, 4) is 5.75 Å². The highest BCUT2D eigenvalue weighted by molar-refractivity contribution is 5.79. The highest BCUT2D eigenvalue weighted by atomic mass is 16.5. The zero-order valence-corrected chi connectivity index (χ0v) is 13.0. The van der Waals surface area contributed by atoms with Crippen LogP contribution in [-0.4, -0.2) is 24.6 Å². The molecule has 4 nitrogen and oxygen atoms in total. The molecule has 0 spiro atoms. The lowest BCUT2D eigenvalue weighted by Gasteiger charge is -2.19. The topological polar surface area (TPSA) is 64.3 Å². The quantitative estimate of drug-likeness (QED) is 0.809. The summed E-state index contributed by atoms with van der Waals surface area (Å²) in [7, 11) is 0. The van der Waals surface area contributed by atoms with Crippen molar-refractivity contribution in [3.63, 3.8) is 0 Å². The second-order valence-electron chi connectivity index (χ2n) is 6.05. The van der Waals surface area contributed by atoms with Crippen molar-refractivity contribution in [2.24, 2.45) is 5.73 Å². The van der Waals surface area contributed by atoms with Gasteiger partial charge in [-0.1, -0.05) is 19.9 Å². The lowest BCUT2D eigenvalue weighted by molar-refractivity contribution is -0.120. The van der Waals surface area contributed by atoms with Crippen molar-refractivity contribution in [1.29, 1.82) is 0 Å². The fraction of sp³-hybridized carbons (Fsp3) is 0.588. The van der Waals surface area contributed by atoms with E-state index in [4.69, 9.17) is 10.5 Å². The molecule has 1 aromatic rings. The lowest BCUT2D eigenvalue weighted by Crippen LogP contribution is -2.45. The molecule has 0 bridgehead atoms. The summed E-state index contributed by atoms with van der Waals surface area (Å²) >= 11 is 0. The molecule has 0 saturated carbocycles. The molecule has 0 heterocycles. The maximum Gasteiger partial charge on any atom is 0.234 e. The van der Waals surface area contributed by atoms with Gasteiger partial charge in [-0.15, -0.1) is 0 Å². The molecule has 0 aromatic heterocycles. The Balaban J connectivity index is 1.86. The minimum Gasteiger partial charge on any atom is -0.494 e. The molecule has 0 fully saturated rings. The maximum absolute atomic E-state index is 11.4. The van der Waals surface area contributed by atoms with E-state index in [-0.39, 0.29) is 18.0 Å². The molecular weight excluding hydrogens is 264 g/mol. The fourth-order valence-electron chi connectivity index (χ4n) is 2.80. The maximum atomic E-state index is 11.4. The van der Waals surface area contributed by atoms with E-state index in [1.807, 2.05) is 19.9 Å². The van der Waals surface area contributed by atoms with E-state index in [0.717, 1.165) is 12.2 Å².